The third-order valence-corrected chi connectivity index (χ3v) is 2.83. The van der Waals surface area contributed by atoms with Crippen LogP contribution < -0.4 is 10.5 Å². The molecule has 1 atom stereocenters. The fraction of sp³-hybridized carbons (Fsp3) is 0.500. The summed E-state index contributed by atoms with van der Waals surface area (Å²) in [7, 11) is 0. The Hall–Kier alpha value is -1.02. The first-order chi connectivity index (χ1) is 6.61. The molecular weight excluding hydrogens is 174 g/mol. The van der Waals surface area contributed by atoms with Gasteiger partial charge in [0.05, 0.1) is 6.04 Å². The zero-order chi connectivity index (χ0) is 10.3. The van der Waals surface area contributed by atoms with Gasteiger partial charge in [0.2, 0.25) is 0 Å². The highest BCUT2D eigenvalue weighted by molar-refractivity contribution is 5.51. The number of hydrogen-bond donors (Lipinski definition) is 1. The van der Waals surface area contributed by atoms with Gasteiger partial charge in [0, 0.05) is 5.56 Å². The van der Waals surface area contributed by atoms with Gasteiger partial charge in [-0.2, -0.15) is 0 Å². The highest BCUT2D eigenvalue weighted by Gasteiger charge is 2.26. The van der Waals surface area contributed by atoms with Crippen molar-refractivity contribution in [2.24, 2.45) is 5.73 Å². The second-order valence-electron chi connectivity index (χ2n) is 4.29. The highest BCUT2D eigenvalue weighted by Crippen LogP contribution is 2.39. The van der Waals surface area contributed by atoms with Gasteiger partial charge in [-0.25, -0.2) is 0 Å². The molecule has 2 nitrogen and oxygen atoms in total. The first kappa shape index (κ1) is 9.53. The average molecular weight is 191 g/mol. The van der Waals surface area contributed by atoms with Crippen molar-refractivity contribution in [2.45, 2.75) is 32.7 Å². The zero-order valence-corrected chi connectivity index (χ0v) is 9.00. The summed E-state index contributed by atoms with van der Waals surface area (Å²) in [6.45, 7) is 7.08. The van der Waals surface area contributed by atoms with Gasteiger partial charge in [-0.3, -0.25) is 0 Å². The lowest BCUT2D eigenvalue weighted by molar-refractivity contribution is 0.331. The monoisotopic (exact) mass is 191 g/mol. The Morgan fingerprint density at radius 3 is 2.79 bits per heavy atom. The van der Waals surface area contributed by atoms with E-state index in [0.717, 1.165) is 5.75 Å². The van der Waals surface area contributed by atoms with Crippen LogP contribution in [0.5, 0.6) is 5.75 Å². The van der Waals surface area contributed by atoms with Crippen molar-refractivity contribution in [2.75, 3.05) is 6.61 Å². The smallest absolute Gasteiger partial charge is 0.127 e. The molecule has 0 unspecified atom stereocenters. The van der Waals surface area contributed by atoms with Gasteiger partial charge < -0.3 is 10.5 Å². The molecule has 0 saturated carbocycles. The molecule has 0 spiro atoms. The summed E-state index contributed by atoms with van der Waals surface area (Å²) in [5.74, 6) is 1.53. The number of fused-ring (bicyclic) bond motifs is 1. The van der Waals surface area contributed by atoms with E-state index in [1.54, 1.807) is 0 Å². The maximum atomic E-state index is 6.03. The van der Waals surface area contributed by atoms with E-state index < -0.39 is 0 Å². The molecule has 0 aliphatic carbocycles. The normalized spacial score (nSPS) is 19.6. The van der Waals surface area contributed by atoms with E-state index in [4.69, 9.17) is 10.5 Å². The lowest BCUT2D eigenvalue weighted by Gasteiger charge is -2.14. The molecule has 2 rings (SSSR count). The third kappa shape index (κ3) is 1.30. The highest BCUT2D eigenvalue weighted by atomic mass is 16.5. The largest absolute Gasteiger partial charge is 0.491 e. The van der Waals surface area contributed by atoms with Gasteiger partial charge in [-0.1, -0.05) is 26.0 Å². The Balaban J connectivity index is 2.60. The fourth-order valence-electron chi connectivity index (χ4n) is 2.06. The quantitative estimate of drug-likeness (QED) is 0.740. The minimum atomic E-state index is 0.0577. The average Bonchev–Trinajstić information content (AvgIpc) is 2.50. The summed E-state index contributed by atoms with van der Waals surface area (Å²) in [5.41, 5.74) is 9.77. The number of benzene rings is 1. The van der Waals surface area contributed by atoms with Crippen LogP contribution in [-0.4, -0.2) is 6.61 Å². The SMILES string of the molecule is Cc1ccc(C(C)C)c2c1OC[C@@H]2N. The van der Waals surface area contributed by atoms with Crippen LogP contribution in [0, 0.1) is 6.92 Å². The molecule has 1 heterocycles. The molecule has 0 aromatic heterocycles. The second-order valence-corrected chi connectivity index (χ2v) is 4.29. The van der Waals surface area contributed by atoms with Crippen LogP contribution in [-0.2, 0) is 0 Å². The van der Waals surface area contributed by atoms with E-state index >= 15 is 0 Å². The van der Waals surface area contributed by atoms with Crippen LogP contribution in [0.4, 0.5) is 0 Å². The topological polar surface area (TPSA) is 35.2 Å². The van der Waals surface area contributed by atoms with Crippen molar-refractivity contribution in [3.8, 4) is 5.75 Å². The van der Waals surface area contributed by atoms with Gasteiger partial charge in [0.15, 0.2) is 0 Å². The number of aryl methyl sites for hydroxylation is 1. The Labute approximate surface area is 85.1 Å². The van der Waals surface area contributed by atoms with Gasteiger partial charge in [0.1, 0.15) is 12.4 Å². The minimum Gasteiger partial charge on any atom is -0.491 e. The summed E-state index contributed by atoms with van der Waals surface area (Å²) >= 11 is 0. The zero-order valence-electron chi connectivity index (χ0n) is 9.00. The molecule has 1 aromatic carbocycles. The van der Waals surface area contributed by atoms with Crippen LogP contribution in [0.1, 0.15) is 42.5 Å². The second kappa shape index (κ2) is 3.28. The molecular formula is C12H17NO. The van der Waals surface area contributed by atoms with E-state index in [1.807, 2.05) is 0 Å². The molecule has 0 saturated heterocycles. The van der Waals surface area contributed by atoms with E-state index in [0.29, 0.717) is 12.5 Å². The third-order valence-electron chi connectivity index (χ3n) is 2.83. The van der Waals surface area contributed by atoms with Crippen LogP contribution >= 0.6 is 0 Å². The van der Waals surface area contributed by atoms with Crippen molar-refractivity contribution in [3.63, 3.8) is 0 Å². The molecule has 2 N–H and O–H groups in total. The van der Waals surface area contributed by atoms with Gasteiger partial charge in [-0.05, 0) is 24.0 Å². The maximum absolute atomic E-state index is 6.03. The van der Waals surface area contributed by atoms with Crippen LogP contribution in [0.25, 0.3) is 0 Å². The van der Waals surface area contributed by atoms with Crippen LogP contribution in [0.2, 0.25) is 0 Å². The van der Waals surface area contributed by atoms with Crippen molar-refractivity contribution in [3.05, 3.63) is 28.8 Å². The lowest BCUT2D eigenvalue weighted by Crippen LogP contribution is -2.12. The van der Waals surface area contributed by atoms with E-state index in [2.05, 4.69) is 32.9 Å². The molecule has 0 bridgehead atoms. The number of nitrogens with two attached hydrogens (primary N) is 1. The molecule has 14 heavy (non-hydrogen) atoms. The number of rotatable bonds is 1. The van der Waals surface area contributed by atoms with E-state index in [9.17, 15) is 0 Å². The van der Waals surface area contributed by atoms with Crippen molar-refractivity contribution >= 4 is 0 Å². The lowest BCUT2D eigenvalue weighted by atomic mass is 9.92. The van der Waals surface area contributed by atoms with Gasteiger partial charge in [0.25, 0.3) is 0 Å². The molecule has 0 radical (unpaired) electrons. The van der Waals surface area contributed by atoms with Crippen LogP contribution in [0.3, 0.4) is 0 Å². The Bertz CT molecular complexity index is 358. The summed E-state index contributed by atoms with van der Waals surface area (Å²) in [4.78, 5) is 0. The first-order valence-corrected chi connectivity index (χ1v) is 5.13. The summed E-state index contributed by atoms with van der Waals surface area (Å²) in [5, 5.41) is 0. The number of hydrogen-bond acceptors (Lipinski definition) is 2. The molecule has 2 heteroatoms. The Morgan fingerprint density at radius 2 is 2.14 bits per heavy atom. The van der Waals surface area contributed by atoms with Crippen molar-refractivity contribution < 1.29 is 4.74 Å². The van der Waals surface area contributed by atoms with Gasteiger partial charge in [-0.15, -0.1) is 0 Å². The van der Waals surface area contributed by atoms with Crippen molar-refractivity contribution in [1.82, 2.24) is 0 Å². The predicted molar refractivity (Wildman–Crippen MR) is 57.7 cm³/mol. The minimum absolute atomic E-state index is 0.0577. The standard InChI is InChI=1S/C12H17NO/c1-7(2)9-5-4-8(3)12-11(9)10(13)6-14-12/h4-5,7,10H,6,13H2,1-3H3/t10-/m0/s1. The molecule has 76 valence electrons. The molecule has 1 aliphatic heterocycles. The summed E-state index contributed by atoms with van der Waals surface area (Å²) in [6.07, 6.45) is 0. The molecule has 1 aromatic rings. The molecule has 0 amide bonds. The van der Waals surface area contributed by atoms with Crippen molar-refractivity contribution in [1.29, 1.82) is 0 Å². The number of ether oxygens (including phenoxy) is 1. The van der Waals surface area contributed by atoms with Crippen LogP contribution in [0.15, 0.2) is 12.1 Å². The maximum Gasteiger partial charge on any atom is 0.127 e. The van der Waals surface area contributed by atoms with Gasteiger partial charge >= 0.3 is 0 Å². The molecule has 0 fully saturated rings. The summed E-state index contributed by atoms with van der Waals surface area (Å²) in [6, 6.07) is 4.35. The Kier molecular flexibility index (Phi) is 2.23. The van der Waals surface area contributed by atoms with E-state index in [1.165, 1.54) is 16.7 Å². The predicted octanol–water partition coefficient (Wildman–Crippen LogP) is 2.51. The molecule has 1 aliphatic rings. The van der Waals surface area contributed by atoms with E-state index in [-0.39, 0.29) is 6.04 Å². The summed E-state index contributed by atoms with van der Waals surface area (Å²) < 4.78 is 5.61. The fourth-order valence-corrected chi connectivity index (χ4v) is 2.06. The Morgan fingerprint density at radius 1 is 1.43 bits per heavy atom. The first-order valence-electron chi connectivity index (χ1n) is 5.13.